The second-order valence-corrected chi connectivity index (χ2v) is 9.84. The molecule has 2 aliphatic carbocycles. The minimum atomic E-state index is -0.320. The minimum absolute atomic E-state index is 0.0562. The fraction of sp³-hybridized carbons (Fsp3) is 0.286. The van der Waals surface area contributed by atoms with E-state index in [1.54, 1.807) is 42.9 Å². The third-order valence-electron chi connectivity index (χ3n) is 7.85. The Morgan fingerprint density at radius 1 is 0.889 bits per heavy atom. The molecule has 1 saturated carbocycles. The number of aromatic nitrogens is 2. The van der Waals surface area contributed by atoms with Crippen molar-refractivity contribution in [2.24, 2.45) is 30.7 Å². The van der Waals surface area contributed by atoms with Gasteiger partial charge in [-0.15, -0.1) is 0 Å². The lowest BCUT2D eigenvalue weighted by Gasteiger charge is -2.17. The summed E-state index contributed by atoms with van der Waals surface area (Å²) in [5.74, 6) is -0.726. The third-order valence-corrected chi connectivity index (χ3v) is 7.85. The number of hydrogen-bond donors (Lipinski definition) is 1. The molecule has 1 saturated heterocycles. The van der Waals surface area contributed by atoms with Crippen LogP contribution in [0.25, 0.3) is 5.69 Å². The molecule has 2 aromatic carbocycles. The number of allylic oxidation sites excluding steroid dienone is 2. The number of carbonyl (C=O) groups excluding carboxylic acids is 3. The molecule has 1 aliphatic heterocycles. The summed E-state index contributed by atoms with van der Waals surface area (Å²) < 4.78 is 3.23. The van der Waals surface area contributed by atoms with Crippen molar-refractivity contribution < 1.29 is 14.4 Å². The molecular weight excluding hydrogens is 456 g/mol. The first kappa shape index (κ1) is 22.3. The van der Waals surface area contributed by atoms with Gasteiger partial charge in [-0.05, 0) is 55.0 Å². The average Bonchev–Trinajstić information content (AvgIpc) is 3.60. The predicted octanol–water partition coefficient (Wildman–Crippen LogP) is 2.98. The lowest BCUT2D eigenvalue weighted by Crippen LogP contribution is -2.32. The molecule has 8 heteroatoms. The van der Waals surface area contributed by atoms with E-state index < -0.39 is 0 Å². The number of para-hydroxylation sites is 1. The van der Waals surface area contributed by atoms with Crippen LogP contribution >= 0.6 is 0 Å². The number of carbonyl (C=O) groups is 3. The summed E-state index contributed by atoms with van der Waals surface area (Å²) in [7, 11) is 1.77. The fourth-order valence-corrected chi connectivity index (χ4v) is 6.00. The van der Waals surface area contributed by atoms with Gasteiger partial charge in [0.15, 0.2) is 0 Å². The number of nitrogens with zero attached hydrogens (tertiary/aromatic N) is 3. The summed E-state index contributed by atoms with van der Waals surface area (Å²) in [5.41, 5.74) is 2.55. The zero-order valence-electron chi connectivity index (χ0n) is 20.0. The van der Waals surface area contributed by atoms with Crippen molar-refractivity contribution in [2.45, 2.75) is 19.8 Å². The van der Waals surface area contributed by atoms with E-state index in [9.17, 15) is 19.2 Å². The van der Waals surface area contributed by atoms with Crippen LogP contribution in [0.2, 0.25) is 0 Å². The van der Waals surface area contributed by atoms with E-state index in [1.807, 2.05) is 30.3 Å². The van der Waals surface area contributed by atoms with Gasteiger partial charge in [-0.1, -0.05) is 42.5 Å². The number of amides is 3. The van der Waals surface area contributed by atoms with Gasteiger partial charge < -0.3 is 5.32 Å². The van der Waals surface area contributed by atoms with Crippen LogP contribution in [0.5, 0.6) is 0 Å². The zero-order valence-corrected chi connectivity index (χ0v) is 20.0. The van der Waals surface area contributed by atoms with Crippen LogP contribution in [0.4, 0.5) is 11.4 Å². The maximum Gasteiger partial charge on any atom is 0.295 e. The van der Waals surface area contributed by atoms with Crippen molar-refractivity contribution in [3.63, 3.8) is 0 Å². The van der Waals surface area contributed by atoms with Crippen molar-refractivity contribution >= 4 is 29.1 Å². The zero-order chi connectivity index (χ0) is 25.1. The van der Waals surface area contributed by atoms with Crippen LogP contribution in [0, 0.1) is 30.6 Å². The first-order chi connectivity index (χ1) is 17.3. The molecule has 4 atom stereocenters. The molecule has 36 heavy (non-hydrogen) atoms. The number of fused-ring (bicyclic) bond motifs is 5. The third kappa shape index (κ3) is 3.28. The highest BCUT2D eigenvalue weighted by molar-refractivity contribution is 6.22. The van der Waals surface area contributed by atoms with Gasteiger partial charge in [-0.25, -0.2) is 4.68 Å². The Kier molecular flexibility index (Phi) is 5.07. The number of benzene rings is 2. The van der Waals surface area contributed by atoms with Crippen LogP contribution < -0.4 is 15.8 Å². The van der Waals surface area contributed by atoms with E-state index in [2.05, 4.69) is 17.5 Å². The number of nitrogens with one attached hydrogen (secondary N) is 1. The summed E-state index contributed by atoms with van der Waals surface area (Å²) >= 11 is 0. The number of rotatable bonds is 5. The molecule has 3 aliphatic rings. The van der Waals surface area contributed by atoms with Gasteiger partial charge in [0.25, 0.3) is 5.56 Å². The molecule has 2 fully saturated rings. The van der Waals surface area contributed by atoms with Crippen LogP contribution in [0.15, 0.2) is 71.5 Å². The van der Waals surface area contributed by atoms with Crippen molar-refractivity contribution in [2.75, 3.05) is 10.2 Å². The summed E-state index contributed by atoms with van der Waals surface area (Å²) in [6, 6.07) is 16.2. The predicted molar refractivity (Wildman–Crippen MR) is 135 cm³/mol. The normalized spacial score (nSPS) is 24.0. The van der Waals surface area contributed by atoms with Crippen molar-refractivity contribution in [1.29, 1.82) is 0 Å². The smallest absolute Gasteiger partial charge is 0.295 e. The molecule has 6 rings (SSSR count). The van der Waals surface area contributed by atoms with Crippen LogP contribution in [0.3, 0.4) is 0 Å². The van der Waals surface area contributed by atoms with Gasteiger partial charge >= 0.3 is 0 Å². The van der Waals surface area contributed by atoms with Gasteiger partial charge in [0.1, 0.15) is 5.69 Å². The van der Waals surface area contributed by atoms with E-state index >= 15 is 0 Å². The molecule has 0 radical (unpaired) electrons. The Bertz CT molecular complexity index is 1450. The second kappa shape index (κ2) is 8.19. The summed E-state index contributed by atoms with van der Waals surface area (Å²) in [6.45, 7) is 1.78. The van der Waals surface area contributed by atoms with E-state index in [4.69, 9.17) is 0 Å². The van der Waals surface area contributed by atoms with Gasteiger partial charge in [0.2, 0.25) is 17.7 Å². The largest absolute Gasteiger partial charge is 0.320 e. The van der Waals surface area contributed by atoms with Gasteiger partial charge in [0, 0.05) is 7.05 Å². The highest BCUT2D eigenvalue weighted by Crippen LogP contribution is 2.53. The molecule has 8 nitrogen and oxygen atoms in total. The molecule has 182 valence electrons. The highest BCUT2D eigenvalue weighted by Gasteiger charge is 2.59. The number of imide groups is 1. The Balaban J connectivity index is 1.17. The van der Waals surface area contributed by atoms with Crippen LogP contribution in [-0.4, -0.2) is 27.1 Å². The molecule has 4 unspecified atom stereocenters. The summed E-state index contributed by atoms with van der Waals surface area (Å²) in [4.78, 5) is 53.2. The van der Waals surface area contributed by atoms with Gasteiger partial charge in [0.05, 0.1) is 35.3 Å². The van der Waals surface area contributed by atoms with Crippen molar-refractivity contribution in [3.05, 3.63) is 88.4 Å². The van der Waals surface area contributed by atoms with E-state index in [0.29, 0.717) is 22.6 Å². The first-order valence-electron chi connectivity index (χ1n) is 12.1. The fourth-order valence-electron chi connectivity index (χ4n) is 6.00. The van der Waals surface area contributed by atoms with E-state index in [0.717, 1.165) is 6.42 Å². The summed E-state index contributed by atoms with van der Waals surface area (Å²) in [5, 5.41) is 2.77. The molecule has 1 aromatic heterocycles. The van der Waals surface area contributed by atoms with Gasteiger partial charge in [-0.3, -0.25) is 28.8 Å². The van der Waals surface area contributed by atoms with Crippen molar-refractivity contribution in [3.8, 4) is 5.69 Å². The van der Waals surface area contributed by atoms with Crippen molar-refractivity contribution in [1.82, 2.24) is 9.36 Å². The minimum Gasteiger partial charge on any atom is -0.320 e. The molecular formula is C28H26N4O4. The second-order valence-electron chi connectivity index (χ2n) is 9.84. The lowest BCUT2D eigenvalue weighted by molar-refractivity contribution is -0.123. The number of anilines is 2. The Morgan fingerprint density at radius 3 is 2.11 bits per heavy atom. The van der Waals surface area contributed by atoms with Gasteiger partial charge in [-0.2, -0.15) is 0 Å². The topological polar surface area (TPSA) is 93.4 Å². The molecule has 2 bridgehead atoms. The molecule has 2 heterocycles. The molecule has 1 N–H and O–H groups in total. The average molecular weight is 483 g/mol. The SMILES string of the molecule is Cc1c(NC(=O)Cc2ccc(N3C(=O)C4C5C=CC(C5)C4C3=O)cc2)c(=O)n(-c2ccccc2)n1C. The quantitative estimate of drug-likeness (QED) is 0.447. The highest BCUT2D eigenvalue weighted by atomic mass is 16.2. The molecule has 3 aromatic rings. The summed E-state index contributed by atoms with van der Waals surface area (Å²) in [6.07, 6.45) is 5.10. The van der Waals surface area contributed by atoms with Crippen LogP contribution in [0.1, 0.15) is 17.7 Å². The Hall–Kier alpha value is -4.20. The Labute approximate surface area is 207 Å². The standard InChI is InChI=1S/C28H26N4O4/c1-16-25(28(36)32(30(16)2)21-6-4-3-5-7-21)29-22(33)14-17-8-12-20(13-9-17)31-26(34)23-18-10-11-19(15-18)24(23)27(31)35/h3-13,18-19,23-24H,14-15H2,1-2H3,(H,29,33). The molecule has 0 spiro atoms. The van der Waals surface area contributed by atoms with E-state index in [1.165, 1.54) is 9.58 Å². The maximum atomic E-state index is 13.0. The maximum absolute atomic E-state index is 13.0. The Morgan fingerprint density at radius 2 is 1.50 bits per heavy atom. The first-order valence-corrected chi connectivity index (χ1v) is 12.1. The van der Waals surface area contributed by atoms with Crippen LogP contribution in [-0.2, 0) is 27.9 Å². The molecule has 3 amide bonds. The number of hydrogen-bond acceptors (Lipinski definition) is 4. The van der Waals surface area contributed by atoms with E-state index in [-0.39, 0.29) is 59.1 Å². The monoisotopic (exact) mass is 482 g/mol. The lowest BCUT2D eigenvalue weighted by atomic mass is 9.85.